The zero-order valence-corrected chi connectivity index (χ0v) is 14.2. The summed E-state index contributed by atoms with van der Waals surface area (Å²) in [6.45, 7) is 2.09. The van der Waals surface area contributed by atoms with Crippen molar-refractivity contribution in [1.29, 1.82) is 5.26 Å². The Morgan fingerprint density at radius 3 is 2.73 bits per heavy atom. The van der Waals surface area contributed by atoms with Crippen LogP contribution in [-0.2, 0) is 0 Å². The monoisotopic (exact) mass is 340 g/mol. The average Bonchev–Trinajstić information content (AvgIpc) is 3.12. The fourth-order valence-corrected chi connectivity index (χ4v) is 2.82. The van der Waals surface area contributed by atoms with Crippen molar-refractivity contribution in [3.05, 3.63) is 78.2 Å². The van der Waals surface area contributed by atoms with E-state index < -0.39 is 0 Å². The minimum absolute atomic E-state index is 0.117. The number of fused-ring (bicyclic) bond motifs is 1. The lowest BCUT2D eigenvalue weighted by Gasteiger charge is -2.15. The predicted molar refractivity (Wildman–Crippen MR) is 99.4 cm³/mol. The fourth-order valence-electron chi connectivity index (χ4n) is 2.82. The number of anilines is 1. The van der Waals surface area contributed by atoms with Crippen molar-refractivity contribution in [3.63, 3.8) is 0 Å². The quantitative estimate of drug-likeness (QED) is 0.611. The van der Waals surface area contributed by atoms with Crippen molar-refractivity contribution in [2.24, 2.45) is 0 Å². The van der Waals surface area contributed by atoms with E-state index in [1.807, 2.05) is 34.7 Å². The maximum Gasteiger partial charge on any atom is 0.180 e. The number of nitriles is 1. The molecule has 1 N–H and O–H groups in total. The van der Waals surface area contributed by atoms with E-state index in [1.165, 1.54) is 5.56 Å². The number of pyridine rings is 1. The molecule has 26 heavy (non-hydrogen) atoms. The van der Waals surface area contributed by atoms with Gasteiger partial charge in [-0.1, -0.05) is 30.3 Å². The number of nitrogens with zero attached hydrogens (tertiary/aromatic N) is 5. The Kier molecular flexibility index (Phi) is 4.04. The minimum atomic E-state index is 0.117. The summed E-state index contributed by atoms with van der Waals surface area (Å²) >= 11 is 0. The highest BCUT2D eigenvalue weighted by atomic mass is 15.1. The molecule has 0 saturated heterocycles. The zero-order chi connectivity index (χ0) is 17.9. The first-order valence-corrected chi connectivity index (χ1v) is 8.27. The molecule has 0 aliphatic rings. The number of nitrogens with one attached hydrogen (secondary N) is 1. The van der Waals surface area contributed by atoms with Crippen molar-refractivity contribution >= 4 is 11.5 Å². The van der Waals surface area contributed by atoms with Gasteiger partial charge in [0, 0.05) is 18.4 Å². The van der Waals surface area contributed by atoms with Gasteiger partial charge in [0.1, 0.15) is 23.2 Å². The van der Waals surface area contributed by atoms with Crippen LogP contribution in [0.3, 0.4) is 0 Å². The molecule has 0 saturated carbocycles. The van der Waals surface area contributed by atoms with Crippen LogP contribution in [0.25, 0.3) is 17.2 Å². The Bertz CT molecular complexity index is 1090. The van der Waals surface area contributed by atoms with Crippen molar-refractivity contribution < 1.29 is 0 Å². The third-order valence-corrected chi connectivity index (χ3v) is 4.18. The second-order valence-corrected chi connectivity index (χ2v) is 5.94. The van der Waals surface area contributed by atoms with Gasteiger partial charge in [0.25, 0.3) is 0 Å². The molecule has 3 heterocycles. The Hall–Kier alpha value is -3.72. The van der Waals surface area contributed by atoms with Crippen LogP contribution < -0.4 is 5.32 Å². The van der Waals surface area contributed by atoms with E-state index in [4.69, 9.17) is 5.26 Å². The topological polar surface area (TPSA) is 78.9 Å². The van der Waals surface area contributed by atoms with E-state index in [0.29, 0.717) is 11.4 Å². The Labute approximate surface area is 150 Å². The first-order chi connectivity index (χ1) is 12.7. The number of hydrogen-bond donors (Lipinski definition) is 1. The predicted octanol–water partition coefficient (Wildman–Crippen LogP) is 3.84. The second kappa shape index (κ2) is 6.65. The molecule has 0 amide bonds. The number of rotatable bonds is 4. The lowest BCUT2D eigenvalue weighted by molar-refractivity contribution is 0.872. The van der Waals surface area contributed by atoms with Crippen molar-refractivity contribution in [2.75, 3.05) is 5.32 Å². The van der Waals surface area contributed by atoms with E-state index in [-0.39, 0.29) is 6.04 Å². The van der Waals surface area contributed by atoms with Crippen molar-refractivity contribution in [2.45, 2.75) is 13.0 Å². The molecule has 6 nitrogen and oxygen atoms in total. The third-order valence-electron chi connectivity index (χ3n) is 4.18. The van der Waals surface area contributed by atoms with E-state index in [2.05, 4.69) is 45.4 Å². The smallest absolute Gasteiger partial charge is 0.180 e. The number of hydrogen-bond acceptors (Lipinski definition) is 5. The van der Waals surface area contributed by atoms with E-state index in [1.54, 1.807) is 24.7 Å². The van der Waals surface area contributed by atoms with Crippen LogP contribution in [-0.4, -0.2) is 19.4 Å². The molecular weight excluding hydrogens is 324 g/mol. The van der Waals surface area contributed by atoms with Gasteiger partial charge in [-0.25, -0.2) is 15.0 Å². The molecule has 1 aromatic carbocycles. The van der Waals surface area contributed by atoms with Gasteiger partial charge in [0.2, 0.25) is 0 Å². The van der Waals surface area contributed by atoms with Gasteiger partial charge in [0.05, 0.1) is 11.8 Å². The normalized spacial score (nSPS) is 11.8. The van der Waals surface area contributed by atoms with Crippen LogP contribution in [0.2, 0.25) is 0 Å². The summed E-state index contributed by atoms with van der Waals surface area (Å²) < 4.78 is 1.83. The molecule has 0 radical (unpaired) electrons. The van der Waals surface area contributed by atoms with Crippen molar-refractivity contribution in [1.82, 2.24) is 19.4 Å². The number of aromatic nitrogens is 4. The molecule has 0 bridgehead atoms. The molecule has 0 spiro atoms. The van der Waals surface area contributed by atoms with E-state index in [0.717, 1.165) is 17.2 Å². The average molecular weight is 340 g/mol. The fraction of sp³-hybridized carbons (Fsp3) is 0.100. The van der Waals surface area contributed by atoms with Crippen LogP contribution in [0, 0.1) is 11.3 Å². The van der Waals surface area contributed by atoms with Gasteiger partial charge in [-0.3, -0.25) is 4.40 Å². The Morgan fingerprint density at radius 2 is 1.92 bits per heavy atom. The summed E-state index contributed by atoms with van der Waals surface area (Å²) in [4.78, 5) is 13.4. The summed E-state index contributed by atoms with van der Waals surface area (Å²) in [5, 5.41) is 12.5. The summed E-state index contributed by atoms with van der Waals surface area (Å²) in [5.74, 6) is 1.29. The molecule has 4 rings (SSSR count). The number of imidazole rings is 1. The van der Waals surface area contributed by atoms with Gasteiger partial charge in [-0.15, -0.1) is 0 Å². The van der Waals surface area contributed by atoms with Crippen LogP contribution in [0.5, 0.6) is 0 Å². The molecule has 1 atom stereocenters. The molecule has 0 fully saturated rings. The van der Waals surface area contributed by atoms with Gasteiger partial charge < -0.3 is 5.32 Å². The maximum atomic E-state index is 9.12. The Morgan fingerprint density at radius 1 is 1.08 bits per heavy atom. The molecular formula is C20H16N6. The molecule has 0 aliphatic carbocycles. The zero-order valence-electron chi connectivity index (χ0n) is 14.2. The molecule has 126 valence electrons. The Balaban J connectivity index is 1.67. The van der Waals surface area contributed by atoms with E-state index in [9.17, 15) is 0 Å². The molecule has 3 aromatic heterocycles. The highest BCUT2D eigenvalue weighted by Gasteiger charge is 2.11. The lowest BCUT2D eigenvalue weighted by atomic mass is 10.1. The highest BCUT2D eigenvalue weighted by molar-refractivity contribution is 5.59. The first-order valence-electron chi connectivity index (χ1n) is 8.27. The van der Waals surface area contributed by atoms with Crippen LogP contribution in [0.15, 0.2) is 67.1 Å². The largest absolute Gasteiger partial charge is 0.363 e. The van der Waals surface area contributed by atoms with Crippen molar-refractivity contribution in [3.8, 4) is 17.6 Å². The van der Waals surface area contributed by atoms with Gasteiger partial charge in [0.15, 0.2) is 5.82 Å². The third kappa shape index (κ3) is 2.98. The van der Waals surface area contributed by atoms with Gasteiger partial charge >= 0.3 is 0 Å². The second-order valence-electron chi connectivity index (χ2n) is 5.94. The van der Waals surface area contributed by atoms with Crippen LogP contribution in [0.4, 0.5) is 5.82 Å². The SMILES string of the molecule is C[C@@H](Nc1ccnc(-c2cnc3ccc(C#N)cn23)n1)c1ccccc1. The molecule has 6 heteroatoms. The first kappa shape index (κ1) is 15.8. The standard InChI is InChI=1S/C20H16N6/c1-14(16-5-3-2-4-6-16)24-18-9-10-22-20(25-18)17-12-23-19-8-7-15(11-21)13-26(17)19/h2-10,12-14H,1H3,(H,22,24,25)/t14-/m1/s1. The number of benzene rings is 1. The summed E-state index contributed by atoms with van der Waals surface area (Å²) in [5.41, 5.74) is 3.23. The maximum absolute atomic E-state index is 9.12. The molecule has 0 aliphatic heterocycles. The van der Waals surface area contributed by atoms with Crippen LogP contribution >= 0.6 is 0 Å². The van der Waals surface area contributed by atoms with Gasteiger partial charge in [-0.2, -0.15) is 5.26 Å². The lowest BCUT2D eigenvalue weighted by Crippen LogP contribution is -2.08. The molecule has 4 aromatic rings. The highest BCUT2D eigenvalue weighted by Crippen LogP contribution is 2.21. The van der Waals surface area contributed by atoms with Crippen LogP contribution in [0.1, 0.15) is 24.1 Å². The molecule has 0 unspecified atom stereocenters. The summed E-state index contributed by atoms with van der Waals surface area (Å²) in [6.07, 6.45) is 5.18. The van der Waals surface area contributed by atoms with E-state index >= 15 is 0 Å². The summed E-state index contributed by atoms with van der Waals surface area (Å²) in [7, 11) is 0. The van der Waals surface area contributed by atoms with Gasteiger partial charge in [-0.05, 0) is 30.7 Å². The summed E-state index contributed by atoms with van der Waals surface area (Å²) in [6, 6.07) is 17.8. The minimum Gasteiger partial charge on any atom is -0.363 e.